The predicted molar refractivity (Wildman–Crippen MR) is 158 cm³/mol. The summed E-state index contributed by atoms with van der Waals surface area (Å²) in [5.74, 6) is -1.07. The Hall–Kier alpha value is -3.55. The Bertz CT molecular complexity index is 1310. The predicted octanol–water partition coefficient (Wildman–Crippen LogP) is 6.34. The van der Waals surface area contributed by atoms with Crippen LogP contribution in [-0.4, -0.2) is 58.3 Å². The third-order valence-electron chi connectivity index (χ3n) is 8.54. The first-order valence-corrected chi connectivity index (χ1v) is 14.7. The molecule has 1 aromatic carbocycles. The van der Waals surface area contributed by atoms with E-state index in [1.165, 1.54) is 6.07 Å². The third kappa shape index (κ3) is 6.26. The number of carbonyl (C=O) groups excluding carboxylic acids is 2. The molecule has 1 atom stereocenters. The molecule has 2 heterocycles. The van der Waals surface area contributed by atoms with Gasteiger partial charge in [-0.1, -0.05) is 24.6 Å². The van der Waals surface area contributed by atoms with Gasteiger partial charge in [-0.3, -0.25) is 4.79 Å². The van der Waals surface area contributed by atoms with Gasteiger partial charge >= 0.3 is 6.03 Å². The van der Waals surface area contributed by atoms with E-state index >= 15 is 4.39 Å². The van der Waals surface area contributed by atoms with Crippen molar-refractivity contribution in [3.63, 3.8) is 0 Å². The Morgan fingerprint density at radius 1 is 0.950 bits per heavy atom. The summed E-state index contributed by atoms with van der Waals surface area (Å²) in [6.45, 7) is 4.35. The van der Waals surface area contributed by atoms with Crippen LogP contribution in [0.25, 0.3) is 0 Å². The summed E-state index contributed by atoms with van der Waals surface area (Å²) >= 11 is 0. The molecule has 214 valence electrons. The van der Waals surface area contributed by atoms with Crippen LogP contribution in [0.1, 0.15) is 87.6 Å². The summed E-state index contributed by atoms with van der Waals surface area (Å²) in [5, 5.41) is 20.0. The molecule has 0 saturated carbocycles. The molecule has 0 spiro atoms. The highest BCUT2D eigenvalue weighted by molar-refractivity contribution is 6.14. The summed E-state index contributed by atoms with van der Waals surface area (Å²) in [4.78, 5) is 30.2. The first-order valence-electron chi connectivity index (χ1n) is 14.7. The van der Waals surface area contributed by atoms with Gasteiger partial charge in [-0.2, -0.15) is 0 Å². The van der Waals surface area contributed by atoms with Crippen LogP contribution in [0.5, 0.6) is 0 Å². The normalized spacial score (nSPS) is 24.7. The lowest BCUT2D eigenvalue weighted by Gasteiger charge is -2.36. The number of benzene rings is 1. The number of nitrogens with one attached hydrogen (secondary N) is 3. The van der Waals surface area contributed by atoms with Crippen LogP contribution >= 0.6 is 0 Å². The Labute approximate surface area is 237 Å². The van der Waals surface area contributed by atoms with Crippen molar-refractivity contribution in [1.29, 1.82) is 10.8 Å². The molecule has 8 heteroatoms. The van der Waals surface area contributed by atoms with Crippen molar-refractivity contribution in [2.45, 2.75) is 83.2 Å². The zero-order chi connectivity index (χ0) is 28.3. The average Bonchev–Trinajstić information content (AvgIpc) is 2.93. The lowest BCUT2D eigenvalue weighted by atomic mass is 9.82. The van der Waals surface area contributed by atoms with Crippen LogP contribution in [0.3, 0.4) is 0 Å². The van der Waals surface area contributed by atoms with Gasteiger partial charge in [-0.15, -0.1) is 0 Å². The van der Waals surface area contributed by atoms with Crippen molar-refractivity contribution >= 4 is 23.4 Å². The van der Waals surface area contributed by atoms with E-state index in [1.54, 1.807) is 6.07 Å². The molecule has 5 rings (SSSR count). The van der Waals surface area contributed by atoms with Gasteiger partial charge in [0.25, 0.3) is 5.91 Å². The van der Waals surface area contributed by atoms with E-state index in [0.29, 0.717) is 37.4 Å². The van der Waals surface area contributed by atoms with Gasteiger partial charge in [0.2, 0.25) is 0 Å². The second-order valence-electron chi connectivity index (χ2n) is 11.8. The quantitative estimate of drug-likeness (QED) is 0.383. The van der Waals surface area contributed by atoms with E-state index in [9.17, 15) is 9.59 Å². The fraction of sp³-hybridized carbons (Fsp3) is 0.500. The lowest BCUT2D eigenvalue weighted by Crippen LogP contribution is -2.47. The standard InChI is InChI=1S/C32H40FN5O2.H2/c1-32(13-8-10-24(20-32)29(35)23-9-4-2-5-11-26(34)17-23)36-30(39)27-18-25-21-38(16-12-22(25)19-28(27)33)31(40)37-14-6-3-7-15-37;/h8,10,13,17-19,34-35H,2-7,9,11-12,14-16,20-21H2,1H3,(H,36,39);1H/b23-17+,34-26?,35-29?;. The van der Waals surface area contributed by atoms with E-state index in [0.717, 1.165) is 86.7 Å². The molecule has 3 N–H and O–H groups in total. The number of nitrogens with zero attached hydrogens (tertiary/aromatic N) is 2. The Kier molecular flexibility index (Phi) is 8.33. The van der Waals surface area contributed by atoms with Gasteiger partial charge in [0.15, 0.2) is 0 Å². The van der Waals surface area contributed by atoms with Crippen LogP contribution in [0.4, 0.5) is 9.18 Å². The van der Waals surface area contributed by atoms with Gasteiger partial charge in [0, 0.05) is 39.7 Å². The summed E-state index contributed by atoms with van der Waals surface area (Å²) in [6, 6.07) is 3.08. The van der Waals surface area contributed by atoms with E-state index < -0.39 is 17.3 Å². The minimum atomic E-state index is -0.790. The number of hydrogen-bond donors (Lipinski definition) is 3. The lowest BCUT2D eigenvalue weighted by molar-refractivity contribution is 0.0918. The van der Waals surface area contributed by atoms with Crippen molar-refractivity contribution in [2.24, 2.45) is 0 Å². The zero-order valence-electron chi connectivity index (χ0n) is 23.5. The van der Waals surface area contributed by atoms with Crippen molar-refractivity contribution in [2.75, 3.05) is 19.6 Å². The highest BCUT2D eigenvalue weighted by atomic mass is 19.1. The SMILES string of the molecule is CC1(NC(=O)c2cc3c(cc2F)CCN(C(=O)N2CCCCC2)C3)C=CC=C(C(=N)/C2=C/C(=N)CCCCC2)C1.[HH]. The number of halogens is 1. The minimum Gasteiger partial charge on any atom is -0.343 e. The van der Waals surface area contributed by atoms with Crippen molar-refractivity contribution < 1.29 is 15.4 Å². The number of carbonyl (C=O) groups is 2. The topological polar surface area (TPSA) is 100 Å². The van der Waals surface area contributed by atoms with Gasteiger partial charge in [0.05, 0.1) is 16.8 Å². The average molecular weight is 548 g/mol. The second-order valence-corrected chi connectivity index (χ2v) is 11.8. The molecule has 2 aliphatic heterocycles. The van der Waals surface area contributed by atoms with Crippen LogP contribution in [0, 0.1) is 16.6 Å². The molecule has 1 aromatic rings. The van der Waals surface area contributed by atoms with Gasteiger partial charge in [0.1, 0.15) is 5.82 Å². The maximum Gasteiger partial charge on any atom is 0.320 e. The van der Waals surface area contributed by atoms with Crippen LogP contribution in [0.2, 0.25) is 0 Å². The van der Waals surface area contributed by atoms with Gasteiger partial charge < -0.3 is 25.9 Å². The number of urea groups is 1. The Balaban J connectivity index is 0.00000387. The summed E-state index contributed by atoms with van der Waals surface area (Å²) in [6.07, 6.45) is 16.2. The van der Waals surface area contributed by atoms with E-state index in [2.05, 4.69) is 5.32 Å². The molecule has 3 amide bonds. The number of likely N-dealkylation sites (tertiary alicyclic amines) is 1. The number of piperidine rings is 1. The van der Waals surface area contributed by atoms with Crippen molar-refractivity contribution in [3.05, 3.63) is 70.1 Å². The summed E-state index contributed by atoms with van der Waals surface area (Å²) in [5.41, 5.74) is 3.47. The summed E-state index contributed by atoms with van der Waals surface area (Å²) in [7, 11) is 0. The van der Waals surface area contributed by atoms with E-state index in [1.807, 2.05) is 41.0 Å². The number of hydrogen-bond acceptors (Lipinski definition) is 4. The number of allylic oxidation sites excluding steroid dienone is 4. The number of amides is 3. The first-order chi connectivity index (χ1) is 19.2. The molecule has 1 fully saturated rings. The third-order valence-corrected chi connectivity index (χ3v) is 8.54. The molecule has 1 saturated heterocycles. The molecular formula is C32H42FN5O2. The highest BCUT2D eigenvalue weighted by Gasteiger charge is 2.32. The fourth-order valence-electron chi connectivity index (χ4n) is 6.24. The fourth-order valence-corrected chi connectivity index (χ4v) is 6.24. The first kappa shape index (κ1) is 28.0. The molecule has 7 nitrogen and oxygen atoms in total. The molecule has 40 heavy (non-hydrogen) atoms. The number of fused-ring (bicyclic) bond motifs is 1. The maximum absolute atomic E-state index is 15.2. The molecule has 0 radical (unpaired) electrons. The summed E-state index contributed by atoms with van der Waals surface area (Å²) < 4.78 is 15.2. The molecular weight excluding hydrogens is 505 g/mol. The monoisotopic (exact) mass is 547 g/mol. The van der Waals surface area contributed by atoms with Gasteiger partial charge in [-0.25, -0.2) is 9.18 Å². The minimum absolute atomic E-state index is 0. The zero-order valence-corrected chi connectivity index (χ0v) is 23.5. The van der Waals surface area contributed by atoms with Crippen LogP contribution in [-0.2, 0) is 13.0 Å². The Morgan fingerprint density at radius 3 is 2.50 bits per heavy atom. The highest BCUT2D eigenvalue weighted by Crippen LogP contribution is 2.29. The Morgan fingerprint density at radius 2 is 1.70 bits per heavy atom. The maximum atomic E-state index is 15.2. The molecule has 0 bridgehead atoms. The van der Waals surface area contributed by atoms with Crippen molar-refractivity contribution in [1.82, 2.24) is 15.1 Å². The van der Waals surface area contributed by atoms with Crippen molar-refractivity contribution in [3.8, 4) is 0 Å². The van der Waals surface area contributed by atoms with Crippen LogP contribution in [0.15, 0.2) is 47.6 Å². The van der Waals surface area contributed by atoms with E-state index in [-0.39, 0.29) is 13.0 Å². The van der Waals surface area contributed by atoms with E-state index in [4.69, 9.17) is 10.8 Å². The van der Waals surface area contributed by atoms with Gasteiger partial charge in [-0.05, 0) is 98.8 Å². The molecule has 1 unspecified atom stereocenters. The number of rotatable bonds is 4. The van der Waals surface area contributed by atoms with Crippen LogP contribution < -0.4 is 5.32 Å². The molecule has 2 aliphatic carbocycles. The largest absolute Gasteiger partial charge is 0.343 e. The molecule has 0 aromatic heterocycles. The molecule has 4 aliphatic rings. The smallest absolute Gasteiger partial charge is 0.320 e. The second kappa shape index (κ2) is 11.9.